The maximum absolute atomic E-state index is 6.19. The second kappa shape index (κ2) is 7.94. The minimum Gasteiger partial charge on any atom is -0.490 e. The summed E-state index contributed by atoms with van der Waals surface area (Å²) < 4.78 is 10.6. The molecule has 1 aromatic heterocycles. The van der Waals surface area contributed by atoms with Gasteiger partial charge in [0.2, 0.25) is 0 Å². The van der Waals surface area contributed by atoms with Crippen LogP contribution in [0.3, 0.4) is 0 Å². The maximum Gasteiger partial charge on any atom is 0.147 e. The van der Waals surface area contributed by atoms with E-state index in [1.54, 1.807) is 0 Å². The lowest BCUT2D eigenvalue weighted by molar-refractivity contribution is 0.262. The van der Waals surface area contributed by atoms with Gasteiger partial charge >= 0.3 is 0 Å². The third kappa shape index (κ3) is 4.10. The summed E-state index contributed by atoms with van der Waals surface area (Å²) in [6.07, 6.45) is 0. The molecule has 132 valence electrons. The van der Waals surface area contributed by atoms with Gasteiger partial charge in [-0.3, -0.25) is 0 Å². The third-order valence-corrected chi connectivity index (χ3v) is 5.31. The summed E-state index contributed by atoms with van der Waals surface area (Å²) in [5, 5.41) is 1.13. The van der Waals surface area contributed by atoms with Gasteiger partial charge < -0.3 is 14.2 Å². The molecule has 0 aliphatic heterocycles. The molecule has 0 saturated carbocycles. The molecule has 0 unspecified atom stereocenters. The smallest absolute Gasteiger partial charge is 0.147 e. The lowest BCUT2D eigenvalue weighted by Gasteiger charge is -2.12. The minimum atomic E-state index is 0.669. The molecule has 0 atom stereocenters. The fourth-order valence-electron chi connectivity index (χ4n) is 2.97. The molecule has 0 saturated heterocycles. The van der Waals surface area contributed by atoms with Crippen molar-refractivity contribution >= 4 is 42.8 Å². The van der Waals surface area contributed by atoms with Crippen molar-refractivity contribution in [3.05, 3.63) is 62.7 Å². The Labute approximate surface area is 165 Å². The van der Waals surface area contributed by atoms with Crippen LogP contribution >= 0.6 is 31.9 Å². The zero-order valence-electron chi connectivity index (χ0n) is 14.7. The van der Waals surface area contributed by atoms with E-state index in [0.29, 0.717) is 6.61 Å². The molecule has 0 N–H and O–H groups in total. The van der Waals surface area contributed by atoms with Gasteiger partial charge in [-0.15, -0.1) is 0 Å². The summed E-state index contributed by atoms with van der Waals surface area (Å²) in [7, 11) is 4.12. The van der Waals surface area contributed by atoms with E-state index in [4.69, 9.17) is 4.74 Å². The van der Waals surface area contributed by atoms with E-state index in [1.807, 2.05) is 6.07 Å². The topological polar surface area (TPSA) is 17.4 Å². The van der Waals surface area contributed by atoms with Gasteiger partial charge in [0.1, 0.15) is 12.4 Å². The van der Waals surface area contributed by atoms with Gasteiger partial charge in [-0.2, -0.15) is 0 Å². The first kappa shape index (κ1) is 18.5. The van der Waals surface area contributed by atoms with Crippen molar-refractivity contribution in [3.63, 3.8) is 0 Å². The lowest BCUT2D eigenvalue weighted by Crippen LogP contribution is -2.19. The van der Waals surface area contributed by atoms with Crippen molar-refractivity contribution in [1.82, 2.24) is 9.47 Å². The highest BCUT2D eigenvalue weighted by Gasteiger charge is 2.18. The second-order valence-electron chi connectivity index (χ2n) is 6.42. The first-order valence-electron chi connectivity index (χ1n) is 8.26. The number of aromatic nitrogens is 1. The van der Waals surface area contributed by atoms with Crippen LogP contribution in [0.5, 0.6) is 5.75 Å². The molecule has 0 bridgehead atoms. The van der Waals surface area contributed by atoms with Crippen molar-refractivity contribution in [2.45, 2.75) is 13.5 Å². The fourth-order valence-corrected chi connectivity index (χ4v) is 4.41. The summed E-state index contributed by atoms with van der Waals surface area (Å²) in [4.78, 5) is 2.13. The fraction of sp³-hybridized carbons (Fsp3) is 0.300. The van der Waals surface area contributed by atoms with Crippen LogP contribution in [0, 0.1) is 6.92 Å². The summed E-state index contributed by atoms with van der Waals surface area (Å²) in [6.45, 7) is 4.51. The highest BCUT2D eigenvalue weighted by atomic mass is 79.9. The van der Waals surface area contributed by atoms with Crippen LogP contribution in [0.2, 0.25) is 0 Å². The summed E-state index contributed by atoms with van der Waals surface area (Å²) in [5.74, 6) is 0.967. The Morgan fingerprint density at radius 1 is 1.08 bits per heavy atom. The summed E-state index contributed by atoms with van der Waals surface area (Å²) in [6, 6.07) is 14.8. The quantitative estimate of drug-likeness (QED) is 0.480. The van der Waals surface area contributed by atoms with Crippen LogP contribution in [-0.4, -0.2) is 36.7 Å². The Hall–Kier alpha value is -1.30. The molecule has 0 aliphatic carbocycles. The van der Waals surface area contributed by atoms with Gasteiger partial charge in [0.25, 0.3) is 0 Å². The zero-order valence-corrected chi connectivity index (χ0v) is 17.9. The lowest BCUT2D eigenvalue weighted by atomic mass is 10.2. The Balaban J connectivity index is 2.07. The number of hydrogen-bond acceptors (Lipinski definition) is 2. The first-order chi connectivity index (χ1) is 12.0. The molecule has 3 rings (SSSR count). The molecule has 0 radical (unpaired) electrons. The van der Waals surface area contributed by atoms with E-state index in [1.165, 1.54) is 11.1 Å². The molecule has 5 heteroatoms. The number of hydrogen-bond donors (Lipinski definition) is 0. The molecule has 1 heterocycles. The highest BCUT2D eigenvalue weighted by molar-refractivity contribution is 9.11. The average molecular weight is 466 g/mol. The monoisotopic (exact) mass is 464 g/mol. The van der Waals surface area contributed by atoms with Gasteiger partial charge in [0.05, 0.1) is 11.2 Å². The second-order valence-corrected chi connectivity index (χ2v) is 8.19. The maximum atomic E-state index is 6.19. The number of ether oxygens (including phenoxy) is 1. The average Bonchev–Trinajstić information content (AvgIpc) is 2.81. The van der Waals surface area contributed by atoms with Crippen LogP contribution in [0.1, 0.15) is 11.3 Å². The van der Waals surface area contributed by atoms with Crippen LogP contribution < -0.4 is 4.74 Å². The molecule has 0 spiro atoms. The molecule has 0 aliphatic rings. The molecular formula is C20H22Br2N2O. The number of nitrogens with zero attached hydrogens (tertiary/aromatic N) is 2. The normalized spacial score (nSPS) is 11.4. The predicted octanol–water partition coefficient (Wildman–Crippen LogP) is 5.46. The van der Waals surface area contributed by atoms with E-state index in [-0.39, 0.29) is 0 Å². The van der Waals surface area contributed by atoms with Gasteiger partial charge in [0, 0.05) is 27.4 Å². The van der Waals surface area contributed by atoms with E-state index in [0.717, 1.165) is 38.9 Å². The molecule has 25 heavy (non-hydrogen) atoms. The predicted molar refractivity (Wildman–Crippen MR) is 112 cm³/mol. The number of rotatable bonds is 6. The van der Waals surface area contributed by atoms with Gasteiger partial charge in [-0.25, -0.2) is 0 Å². The Bertz CT molecular complexity index is 873. The minimum absolute atomic E-state index is 0.669. The van der Waals surface area contributed by atoms with Crippen molar-refractivity contribution < 1.29 is 4.74 Å². The highest BCUT2D eigenvalue weighted by Crippen LogP contribution is 2.39. The molecule has 3 aromatic rings. The Morgan fingerprint density at radius 2 is 1.80 bits per heavy atom. The summed E-state index contributed by atoms with van der Waals surface area (Å²) >= 11 is 7.34. The van der Waals surface area contributed by atoms with Crippen LogP contribution in [0.15, 0.2) is 51.4 Å². The van der Waals surface area contributed by atoms with Gasteiger partial charge in [0.15, 0.2) is 0 Å². The van der Waals surface area contributed by atoms with E-state index >= 15 is 0 Å². The molecule has 2 aromatic carbocycles. The number of benzene rings is 2. The van der Waals surface area contributed by atoms with E-state index < -0.39 is 0 Å². The number of likely N-dealkylation sites (N-methyl/N-ethyl adjacent to an activating group) is 1. The SMILES string of the molecule is Cc1c(OCCN(C)C)c2cc(Br)cc(Br)c2n1Cc1ccccc1. The molecule has 3 nitrogen and oxygen atoms in total. The van der Waals surface area contributed by atoms with Crippen LogP contribution in [-0.2, 0) is 6.54 Å². The van der Waals surface area contributed by atoms with Gasteiger partial charge in [-0.1, -0.05) is 46.3 Å². The third-order valence-electron chi connectivity index (χ3n) is 4.24. The number of fused-ring (bicyclic) bond motifs is 1. The van der Waals surface area contributed by atoms with Crippen molar-refractivity contribution in [2.24, 2.45) is 0 Å². The number of halogens is 2. The largest absolute Gasteiger partial charge is 0.490 e. The van der Waals surface area contributed by atoms with Crippen molar-refractivity contribution in [3.8, 4) is 5.75 Å². The van der Waals surface area contributed by atoms with Crippen LogP contribution in [0.4, 0.5) is 0 Å². The Kier molecular flexibility index (Phi) is 5.87. The van der Waals surface area contributed by atoms with Crippen molar-refractivity contribution in [2.75, 3.05) is 27.2 Å². The first-order valence-corrected chi connectivity index (χ1v) is 9.85. The molecule has 0 fully saturated rings. The molecule has 0 amide bonds. The molecular weight excluding hydrogens is 444 g/mol. The van der Waals surface area contributed by atoms with Crippen molar-refractivity contribution in [1.29, 1.82) is 0 Å². The summed E-state index contributed by atoms with van der Waals surface area (Å²) in [5.41, 5.74) is 3.60. The van der Waals surface area contributed by atoms with E-state index in [2.05, 4.69) is 98.7 Å². The Morgan fingerprint density at radius 3 is 2.48 bits per heavy atom. The van der Waals surface area contributed by atoms with E-state index in [9.17, 15) is 0 Å². The standard InChI is InChI=1S/C20H22Br2N2O/c1-14-20(25-10-9-23(2)3)17-11-16(21)12-18(22)19(17)24(14)13-15-7-5-4-6-8-15/h4-8,11-12H,9-10,13H2,1-3H3. The zero-order chi connectivity index (χ0) is 18.0. The van der Waals surface area contributed by atoms with Crippen LogP contribution in [0.25, 0.3) is 10.9 Å². The van der Waals surface area contributed by atoms with Gasteiger partial charge in [-0.05, 0) is 54.6 Å².